The van der Waals surface area contributed by atoms with Crippen molar-refractivity contribution >= 4 is 27.3 Å². The molecule has 1 amide bonds. The van der Waals surface area contributed by atoms with Crippen LogP contribution in [0.5, 0.6) is 5.75 Å². The highest BCUT2D eigenvalue weighted by Crippen LogP contribution is 2.23. The number of hydrogen-bond acceptors (Lipinski definition) is 4. The van der Waals surface area contributed by atoms with E-state index in [2.05, 4.69) is 0 Å². The minimum Gasteiger partial charge on any atom is -0.481 e. The molecule has 0 bridgehead atoms. The Morgan fingerprint density at radius 1 is 1.36 bits per heavy atom. The minimum atomic E-state index is -3.15. The summed E-state index contributed by atoms with van der Waals surface area (Å²) in [5.41, 5.74) is 0.832. The molecular formula is C15H22ClNO4S. The molecule has 0 saturated heterocycles. The molecule has 7 heteroatoms. The van der Waals surface area contributed by atoms with Crippen LogP contribution in [0.2, 0.25) is 5.02 Å². The summed E-state index contributed by atoms with van der Waals surface area (Å²) in [7, 11) is -1.57. The molecule has 5 nitrogen and oxygen atoms in total. The van der Waals surface area contributed by atoms with E-state index in [0.29, 0.717) is 10.8 Å². The van der Waals surface area contributed by atoms with E-state index < -0.39 is 22.0 Å². The molecule has 124 valence electrons. The summed E-state index contributed by atoms with van der Waals surface area (Å²) in [4.78, 5) is 13.7. The van der Waals surface area contributed by atoms with E-state index in [9.17, 15) is 13.2 Å². The van der Waals surface area contributed by atoms with Gasteiger partial charge in [0, 0.05) is 24.4 Å². The van der Waals surface area contributed by atoms with Gasteiger partial charge < -0.3 is 9.64 Å². The molecule has 0 aliphatic carbocycles. The predicted molar refractivity (Wildman–Crippen MR) is 88.2 cm³/mol. The Kier molecular flexibility index (Phi) is 6.26. The van der Waals surface area contributed by atoms with Crippen molar-refractivity contribution in [3.8, 4) is 5.75 Å². The molecule has 1 rings (SSSR count). The summed E-state index contributed by atoms with van der Waals surface area (Å²) < 4.78 is 28.3. The lowest BCUT2D eigenvalue weighted by atomic mass is 10.2. The molecule has 1 aromatic carbocycles. The van der Waals surface area contributed by atoms with Gasteiger partial charge in [-0.3, -0.25) is 4.79 Å². The average molecular weight is 348 g/mol. The van der Waals surface area contributed by atoms with Gasteiger partial charge >= 0.3 is 0 Å². The highest BCUT2D eigenvalue weighted by atomic mass is 35.5. The number of hydrogen-bond donors (Lipinski definition) is 0. The lowest BCUT2D eigenvalue weighted by molar-refractivity contribution is -0.138. The van der Waals surface area contributed by atoms with Gasteiger partial charge in [0.25, 0.3) is 5.91 Å². The quantitative estimate of drug-likeness (QED) is 0.792. The Morgan fingerprint density at radius 3 is 2.45 bits per heavy atom. The van der Waals surface area contributed by atoms with Crippen molar-refractivity contribution in [1.82, 2.24) is 4.90 Å². The van der Waals surface area contributed by atoms with Crippen LogP contribution < -0.4 is 4.74 Å². The van der Waals surface area contributed by atoms with Gasteiger partial charge in [0.2, 0.25) is 0 Å². The average Bonchev–Trinajstić information content (AvgIpc) is 2.38. The van der Waals surface area contributed by atoms with E-state index in [1.165, 1.54) is 4.90 Å². The van der Waals surface area contributed by atoms with Crippen LogP contribution in [0.1, 0.15) is 19.4 Å². The highest BCUT2D eigenvalue weighted by Gasteiger charge is 2.25. The molecule has 2 atom stereocenters. The number of nitrogens with zero attached hydrogens (tertiary/aromatic N) is 1. The Balaban J connectivity index is 2.75. The molecule has 0 aliphatic heterocycles. The van der Waals surface area contributed by atoms with E-state index in [1.54, 1.807) is 39.1 Å². The van der Waals surface area contributed by atoms with Crippen LogP contribution in [0, 0.1) is 6.92 Å². The summed E-state index contributed by atoms with van der Waals surface area (Å²) in [5.74, 6) is 0.224. The molecule has 0 heterocycles. The largest absolute Gasteiger partial charge is 0.481 e. The van der Waals surface area contributed by atoms with Crippen molar-refractivity contribution in [1.29, 1.82) is 0 Å². The van der Waals surface area contributed by atoms with Crippen molar-refractivity contribution < 1.29 is 17.9 Å². The zero-order valence-electron chi connectivity index (χ0n) is 13.5. The number of rotatable bonds is 6. The standard InChI is InChI=1S/C15H22ClNO4S/c1-10-8-13(16)6-7-14(10)21-12(3)15(18)17(4)11(2)9-22(5,19)20/h6-8,11-12H,9H2,1-5H3/t11-,12-/m0/s1. The maximum absolute atomic E-state index is 12.3. The van der Waals surface area contributed by atoms with Gasteiger partial charge in [0.15, 0.2) is 6.10 Å². The fourth-order valence-corrected chi connectivity index (χ4v) is 3.37. The molecule has 0 radical (unpaired) electrons. The van der Waals surface area contributed by atoms with Gasteiger partial charge in [-0.15, -0.1) is 0 Å². The smallest absolute Gasteiger partial charge is 0.263 e. The third kappa shape index (κ3) is 5.50. The lowest BCUT2D eigenvalue weighted by Gasteiger charge is -2.27. The second-order valence-corrected chi connectivity index (χ2v) is 8.18. The number of halogens is 1. The molecule has 0 spiro atoms. The Bertz CT molecular complexity index is 645. The molecule has 0 saturated carbocycles. The summed E-state index contributed by atoms with van der Waals surface area (Å²) in [6, 6.07) is 4.74. The monoisotopic (exact) mass is 347 g/mol. The molecule has 0 fully saturated rings. The second-order valence-electron chi connectivity index (χ2n) is 5.56. The van der Waals surface area contributed by atoms with Crippen molar-refractivity contribution in [3.63, 3.8) is 0 Å². The van der Waals surface area contributed by atoms with Crippen molar-refractivity contribution in [2.24, 2.45) is 0 Å². The summed E-state index contributed by atoms with van der Waals surface area (Å²) >= 11 is 5.88. The SMILES string of the molecule is Cc1cc(Cl)ccc1O[C@@H](C)C(=O)N(C)[C@@H](C)CS(C)(=O)=O. The molecule has 0 unspecified atom stereocenters. The van der Waals surface area contributed by atoms with Crippen LogP contribution >= 0.6 is 11.6 Å². The zero-order chi connectivity index (χ0) is 17.1. The van der Waals surface area contributed by atoms with Gasteiger partial charge in [0.05, 0.1) is 5.75 Å². The fraction of sp³-hybridized carbons (Fsp3) is 0.533. The van der Waals surface area contributed by atoms with Crippen LogP contribution in [-0.4, -0.2) is 50.4 Å². The van der Waals surface area contributed by atoms with Crippen molar-refractivity contribution in [3.05, 3.63) is 28.8 Å². The Morgan fingerprint density at radius 2 is 1.95 bits per heavy atom. The first-order chi connectivity index (χ1) is 10.0. The number of benzene rings is 1. The van der Waals surface area contributed by atoms with Crippen LogP contribution in [0.3, 0.4) is 0 Å². The van der Waals surface area contributed by atoms with Gasteiger partial charge in [-0.05, 0) is 44.5 Å². The van der Waals surface area contributed by atoms with Crippen molar-refractivity contribution in [2.45, 2.75) is 32.9 Å². The zero-order valence-corrected chi connectivity index (χ0v) is 15.0. The maximum Gasteiger partial charge on any atom is 0.263 e. The second kappa shape index (κ2) is 7.33. The van der Waals surface area contributed by atoms with Crippen molar-refractivity contribution in [2.75, 3.05) is 19.1 Å². The van der Waals surface area contributed by atoms with Crippen LogP contribution in [-0.2, 0) is 14.6 Å². The predicted octanol–water partition coefficient (Wildman–Crippen LogP) is 2.31. The minimum absolute atomic E-state index is 0.0814. The molecule has 22 heavy (non-hydrogen) atoms. The Labute approximate surface area is 137 Å². The molecular weight excluding hydrogens is 326 g/mol. The number of carbonyl (C=O) groups excluding carboxylic acids is 1. The van der Waals surface area contributed by atoms with Gasteiger partial charge in [-0.1, -0.05) is 11.6 Å². The number of carbonyl (C=O) groups is 1. The lowest BCUT2D eigenvalue weighted by Crippen LogP contribution is -2.45. The number of ether oxygens (including phenoxy) is 1. The van der Waals surface area contributed by atoms with E-state index >= 15 is 0 Å². The first-order valence-corrected chi connectivity index (χ1v) is 9.32. The third-order valence-corrected chi connectivity index (χ3v) is 4.66. The van der Waals surface area contributed by atoms with Crippen LogP contribution in [0.25, 0.3) is 0 Å². The van der Waals surface area contributed by atoms with Crippen LogP contribution in [0.4, 0.5) is 0 Å². The summed E-state index contributed by atoms with van der Waals surface area (Å²) in [5, 5.41) is 0.600. The molecule has 1 aromatic rings. The fourth-order valence-electron chi connectivity index (χ4n) is 2.04. The van der Waals surface area contributed by atoms with Gasteiger partial charge in [-0.2, -0.15) is 0 Å². The molecule has 0 N–H and O–H groups in total. The molecule has 0 aromatic heterocycles. The summed E-state index contributed by atoms with van der Waals surface area (Å²) in [6.07, 6.45) is 0.436. The first kappa shape index (κ1) is 18.8. The van der Waals surface area contributed by atoms with E-state index in [0.717, 1.165) is 11.8 Å². The number of likely N-dealkylation sites (N-methyl/N-ethyl adjacent to an activating group) is 1. The van der Waals surface area contributed by atoms with E-state index in [4.69, 9.17) is 16.3 Å². The van der Waals surface area contributed by atoms with Gasteiger partial charge in [0.1, 0.15) is 15.6 Å². The Hall–Kier alpha value is -1.27. The number of aryl methyl sites for hydroxylation is 1. The normalized spacial score (nSPS) is 14.3. The topological polar surface area (TPSA) is 63.7 Å². The van der Waals surface area contributed by atoms with E-state index in [-0.39, 0.29) is 11.7 Å². The third-order valence-electron chi connectivity index (χ3n) is 3.34. The van der Waals surface area contributed by atoms with E-state index in [1.807, 2.05) is 6.92 Å². The number of sulfone groups is 1. The maximum atomic E-state index is 12.3. The number of amides is 1. The first-order valence-electron chi connectivity index (χ1n) is 6.88. The van der Waals surface area contributed by atoms with Crippen LogP contribution in [0.15, 0.2) is 18.2 Å². The van der Waals surface area contributed by atoms with Gasteiger partial charge in [-0.25, -0.2) is 8.42 Å². The summed E-state index contributed by atoms with van der Waals surface area (Å²) in [6.45, 7) is 5.17. The highest BCUT2D eigenvalue weighted by molar-refractivity contribution is 7.90. The molecule has 0 aliphatic rings.